The van der Waals surface area contributed by atoms with Gasteiger partial charge < -0.3 is 9.64 Å². The number of alkyl halides is 2. The highest BCUT2D eigenvalue weighted by atomic mass is 19.3. The van der Waals surface area contributed by atoms with Gasteiger partial charge in [-0.3, -0.25) is 9.69 Å². The number of nitrogens with zero attached hydrogens (tertiary/aromatic N) is 2. The standard InChI is InChI=1S/C21H24F2N2O2/c1-15-10-11-17-7-3-4-9-19(17)25(15)20(26)14-24(2)13-16-6-5-8-18(12-16)27-21(22)23/h3-9,12,15,21H,10-11,13-14H2,1-2H3. The van der Waals surface area contributed by atoms with Crippen molar-refractivity contribution in [1.82, 2.24) is 4.90 Å². The third kappa shape index (κ3) is 4.83. The number of anilines is 1. The number of likely N-dealkylation sites (N-methyl/N-ethyl adjacent to an activating group) is 1. The molecular weight excluding hydrogens is 350 g/mol. The molecule has 0 aliphatic carbocycles. The van der Waals surface area contributed by atoms with Gasteiger partial charge in [0.15, 0.2) is 0 Å². The maximum absolute atomic E-state index is 12.9. The first kappa shape index (κ1) is 19.3. The monoisotopic (exact) mass is 374 g/mol. The molecule has 27 heavy (non-hydrogen) atoms. The molecule has 0 fully saturated rings. The van der Waals surface area contributed by atoms with Gasteiger partial charge in [-0.25, -0.2) is 0 Å². The van der Waals surface area contributed by atoms with Gasteiger partial charge >= 0.3 is 6.61 Å². The van der Waals surface area contributed by atoms with Gasteiger partial charge in [-0.15, -0.1) is 0 Å². The molecule has 0 spiro atoms. The minimum absolute atomic E-state index is 0.0390. The molecule has 144 valence electrons. The van der Waals surface area contributed by atoms with Crippen molar-refractivity contribution in [1.29, 1.82) is 0 Å². The highest BCUT2D eigenvalue weighted by molar-refractivity contribution is 5.96. The molecule has 2 aromatic rings. The number of para-hydroxylation sites is 1. The highest BCUT2D eigenvalue weighted by Crippen LogP contribution is 2.30. The lowest BCUT2D eigenvalue weighted by Crippen LogP contribution is -2.46. The van der Waals surface area contributed by atoms with E-state index < -0.39 is 6.61 Å². The second kappa shape index (κ2) is 8.48. The number of carbonyl (C=O) groups is 1. The van der Waals surface area contributed by atoms with E-state index >= 15 is 0 Å². The Bertz CT molecular complexity index is 797. The first-order chi connectivity index (χ1) is 12.9. The summed E-state index contributed by atoms with van der Waals surface area (Å²) in [7, 11) is 1.85. The molecule has 0 bridgehead atoms. The van der Waals surface area contributed by atoms with Crippen molar-refractivity contribution in [2.24, 2.45) is 0 Å². The molecule has 1 amide bonds. The van der Waals surface area contributed by atoms with Crippen LogP contribution in [0.5, 0.6) is 5.75 Å². The number of carbonyl (C=O) groups excluding carboxylic acids is 1. The lowest BCUT2D eigenvalue weighted by Gasteiger charge is -2.36. The van der Waals surface area contributed by atoms with E-state index in [-0.39, 0.29) is 24.2 Å². The lowest BCUT2D eigenvalue weighted by atomic mass is 9.96. The maximum atomic E-state index is 12.9. The van der Waals surface area contributed by atoms with E-state index in [4.69, 9.17) is 0 Å². The van der Waals surface area contributed by atoms with Gasteiger partial charge in [0.25, 0.3) is 0 Å². The molecule has 3 rings (SSSR count). The number of benzene rings is 2. The van der Waals surface area contributed by atoms with Crippen molar-refractivity contribution >= 4 is 11.6 Å². The summed E-state index contributed by atoms with van der Waals surface area (Å²) in [5.41, 5.74) is 3.00. The zero-order valence-corrected chi connectivity index (χ0v) is 15.6. The predicted molar refractivity (Wildman–Crippen MR) is 101 cm³/mol. The molecule has 1 aliphatic rings. The Labute approximate surface area is 158 Å². The third-order valence-corrected chi connectivity index (χ3v) is 4.77. The molecule has 1 heterocycles. The van der Waals surface area contributed by atoms with Crippen molar-refractivity contribution in [3.05, 3.63) is 59.7 Å². The van der Waals surface area contributed by atoms with Crippen LogP contribution in [0.4, 0.5) is 14.5 Å². The highest BCUT2D eigenvalue weighted by Gasteiger charge is 2.28. The van der Waals surface area contributed by atoms with Crippen molar-refractivity contribution in [2.45, 2.75) is 39.0 Å². The second-order valence-corrected chi connectivity index (χ2v) is 6.98. The molecule has 0 saturated heterocycles. The van der Waals surface area contributed by atoms with E-state index in [0.717, 1.165) is 24.1 Å². The maximum Gasteiger partial charge on any atom is 0.387 e. The summed E-state index contributed by atoms with van der Waals surface area (Å²) in [6, 6.07) is 14.7. The van der Waals surface area contributed by atoms with Crippen molar-refractivity contribution in [2.75, 3.05) is 18.5 Å². The van der Waals surface area contributed by atoms with Gasteiger partial charge in [-0.05, 0) is 56.1 Å². The molecule has 2 aromatic carbocycles. The number of halogens is 2. The number of fused-ring (bicyclic) bond motifs is 1. The first-order valence-corrected chi connectivity index (χ1v) is 9.06. The van der Waals surface area contributed by atoms with Gasteiger partial charge in [0, 0.05) is 18.3 Å². The van der Waals surface area contributed by atoms with E-state index in [1.165, 1.54) is 11.6 Å². The number of hydrogen-bond donors (Lipinski definition) is 0. The Kier molecular flexibility index (Phi) is 6.06. The summed E-state index contributed by atoms with van der Waals surface area (Å²) < 4.78 is 29.2. The summed E-state index contributed by atoms with van der Waals surface area (Å²) in [6.45, 7) is -0.0617. The van der Waals surface area contributed by atoms with Crippen LogP contribution in [0.2, 0.25) is 0 Å². The quantitative estimate of drug-likeness (QED) is 0.764. The van der Waals surface area contributed by atoms with Crippen LogP contribution in [0.25, 0.3) is 0 Å². The average molecular weight is 374 g/mol. The summed E-state index contributed by atoms with van der Waals surface area (Å²) in [6.07, 6.45) is 1.92. The molecule has 4 nitrogen and oxygen atoms in total. The Morgan fingerprint density at radius 1 is 1.26 bits per heavy atom. The van der Waals surface area contributed by atoms with E-state index in [1.54, 1.807) is 12.1 Å². The van der Waals surface area contributed by atoms with Crippen LogP contribution >= 0.6 is 0 Å². The van der Waals surface area contributed by atoms with Crippen LogP contribution in [0.15, 0.2) is 48.5 Å². The van der Waals surface area contributed by atoms with Crippen LogP contribution in [0, 0.1) is 0 Å². The summed E-state index contributed by atoms with van der Waals surface area (Å²) in [4.78, 5) is 16.7. The van der Waals surface area contributed by atoms with Crippen molar-refractivity contribution in [3.63, 3.8) is 0 Å². The minimum atomic E-state index is -2.85. The SMILES string of the molecule is CC1CCc2ccccc2N1C(=O)CN(C)Cc1cccc(OC(F)F)c1. The third-order valence-electron chi connectivity index (χ3n) is 4.77. The average Bonchev–Trinajstić information content (AvgIpc) is 2.61. The van der Waals surface area contributed by atoms with Gasteiger partial charge in [-0.1, -0.05) is 30.3 Å². The van der Waals surface area contributed by atoms with E-state index in [1.807, 2.05) is 41.1 Å². The molecule has 1 atom stereocenters. The van der Waals surface area contributed by atoms with E-state index in [9.17, 15) is 13.6 Å². The van der Waals surface area contributed by atoms with Gasteiger partial charge in [0.1, 0.15) is 5.75 Å². The van der Waals surface area contributed by atoms with E-state index in [2.05, 4.69) is 17.7 Å². The molecular formula is C21H24F2N2O2. The zero-order chi connectivity index (χ0) is 19.4. The van der Waals surface area contributed by atoms with Crippen LogP contribution in [0.1, 0.15) is 24.5 Å². The fourth-order valence-corrected chi connectivity index (χ4v) is 3.56. The minimum Gasteiger partial charge on any atom is -0.435 e. The second-order valence-electron chi connectivity index (χ2n) is 6.98. The predicted octanol–water partition coefficient (Wildman–Crippen LogP) is 4.09. The van der Waals surface area contributed by atoms with E-state index in [0.29, 0.717) is 6.54 Å². The normalized spacial score (nSPS) is 16.5. The Morgan fingerprint density at radius 2 is 2.04 bits per heavy atom. The molecule has 0 radical (unpaired) electrons. The summed E-state index contributed by atoms with van der Waals surface area (Å²) >= 11 is 0. The Morgan fingerprint density at radius 3 is 2.81 bits per heavy atom. The lowest BCUT2D eigenvalue weighted by molar-refractivity contribution is -0.120. The first-order valence-electron chi connectivity index (χ1n) is 9.06. The number of ether oxygens (including phenoxy) is 1. The van der Waals surface area contributed by atoms with Crippen molar-refractivity contribution < 1.29 is 18.3 Å². The fourth-order valence-electron chi connectivity index (χ4n) is 3.56. The topological polar surface area (TPSA) is 32.8 Å². The summed E-state index contributed by atoms with van der Waals surface area (Å²) in [5, 5.41) is 0. The fraction of sp³-hybridized carbons (Fsp3) is 0.381. The van der Waals surface area contributed by atoms with Gasteiger partial charge in [0.05, 0.1) is 6.54 Å². The molecule has 0 saturated carbocycles. The number of hydrogen-bond acceptors (Lipinski definition) is 3. The smallest absolute Gasteiger partial charge is 0.387 e. The largest absolute Gasteiger partial charge is 0.435 e. The number of amides is 1. The van der Waals surface area contributed by atoms with Crippen LogP contribution in [-0.2, 0) is 17.8 Å². The number of aryl methyl sites for hydroxylation is 1. The Hall–Kier alpha value is -2.47. The van der Waals surface area contributed by atoms with Gasteiger partial charge in [-0.2, -0.15) is 8.78 Å². The molecule has 0 N–H and O–H groups in total. The van der Waals surface area contributed by atoms with Crippen molar-refractivity contribution in [3.8, 4) is 5.75 Å². The molecule has 6 heteroatoms. The summed E-state index contributed by atoms with van der Waals surface area (Å²) in [5.74, 6) is 0.165. The molecule has 0 aromatic heterocycles. The number of rotatable bonds is 6. The molecule has 1 aliphatic heterocycles. The zero-order valence-electron chi connectivity index (χ0n) is 15.6. The van der Waals surface area contributed by atoms with Crippen LogP contribution in [0.3, 0.4) is 0 Å². The van der Waals surface area contributed by atoms with Gasteiger partial charge in [0.2, 0.25) is 5.91 Å². The Balaban J connectivity index is 1.66. The van der Waals surface area contributed by atoms with Crippen LogP contribution < -0.4 is 9.64 Å². The molecule has 1 unspecified atom stereocenters. The van der Waals surface area contributed by atoms with Crippen LogP contribution in [-0.4, -0.2) is 37.1 Å².